The minimum Gasteiger partial charge on any atom is -0.497 e. The highest BCUT2D eigenvalue weighted by molar-refractivity contribution is 6.35. The third-order valence-electron chi connectivity index (χ3n) is 2.44. The van der Waals surface area contributed by atoms with Crippen molar-refractivity contribution in [3.63, 3.8) is 0 Å². The van der Waals surface area contributed by atoms with E-state index in [9.17, 15) is 4.79 Å². The first-order chi connectivity index (χ1) is 9.11. The number of methoxy groups -OCH3 is 1. The van der Waals surface area contributed by atoms with Gasteiger partial charge in [-0.25, -0.2) is 0 Å². The number of carbonyl (C=O) groups is 1. The molecule has 0 aliphatic carbocycles. The molecule has 0 aliphatic rings. The molecule has 2 rings (SSSR count). The van der Waals surface area contributed by atoms with E-state index in [-0.39, 0.29) is 10.9 Å². The number of amides is 1. The van der Waals surface area contributed by atoms with Crippen LogP contribution in [0.25, 0.3) is 0 Å². The van der Waals surface area contributed by atoms with Gasteiger partial charge in [-0.15, -0.1) is 0 Å². The highest BCUT2D eigenvalue weighted by Crippen LogP contribution is 2.27. The number of nitrogens with one attached hydrogen (secondary N) is 1. The molecule has 0 atom stereocenters. The van der Waals surface area contributed by atoms with E-state index < -0.39 is 0 Å². The molecule has 0 saturated heterocycles. The Bertz CT molecular complexity index is 617. The van der Waals surface area contributed by atoms with Crippen molar-refractivity contribution in [3.05, 3.63) is 52.3 Å². The van der Waals surface area contributed by atoms with Gasteiger partial charge in [0.2, 0.25) is 0 Å². The average Bonchev–Trinajstić information content (AvgIpc) is 2.41. The first kappa shape index (κ1) is 13.6. The van der Waals surface area contributed by atoms with Crippen LogP contribution in [0.3, 0.4) is 0 Å². The summed E-state index contributed by atoms with van der Waals surface area (Å²) >= 11 is 11.9. The topological polar surface area (TPSA) is 51.2 Å². The van der Waals surface area contributed by atoms with Crippen LogP contribution in [-0.2, 0) is 0 Å². The number of ether oxygens (including phenoxy) is 1. The number of anilines is 1. The SMILES string of the molecule is COc1ccc(Cl)c(NC(=O)c2ccncc2Cl)c1. The fourth-order valence-electron chi connectivity index (χ4n) is 1.48. The van der Waals surface area contributed by atoms with Crippen LogP contribution in [-0.4, -0.2) is 18.0 Å². The maximum atomic E-state index is 12.1. The predicted molar refractivity (Wildman–Crippen MR) is 75.2 cm³/mol. The van der Waals surface area contributed by atoms with Crippen molar-refractivity contribution in [2.24, 2.45) is 0 Å². The molecule has 2 aromatic rings. The molecule has 0 saturated carbocycles. The van der Waals surface area contributed by atoms with Gasteiger partial charge in [0.05, 0.1) is 28.4 Å². The van der Waals surface area contributed by atoms with Gasteiger partial charge in [-0.1, -0.05) is 23.2 Å². The van der Waals surface area contributed by atoms with Gasteiger partial charge in [-0.05, 0) is 18.2 Å². The van der Waals surface area contributed by atoms with Crippen LogP contribution < -0.4 is 10.1 Å². The average molecular weight is 297 g/mol. The Balaban J connectivity index is 2.26. The fraction of sp³-hybridized carbons (Fsp3) is 0.0769. The van der Waals surface area contributed by atoms with Gasteiger partial charge in [0.1, 0.15) is 5.75 Å². The summed E-state index contributed by atoms with van der Waals surface area (Å²) in [6.45, 7) is 0. The number of benzene rings is 1. The third-order valence-corrected chi connectivity index (χ3v) is 3.07. The molecule has 4 nitrogen and oxygen atoms in total. The van der Waals surface area contributed by atoms with E-state index in [1.54, 1.807) is 18.2 Å². The summed E-state index contributed by atoms with van der Waals surface area (Å²) in [6, 6.07) is 6.52. The fourth-order valence-corrected chi connectivity index (χ4v) is 1.85. The minimum absolute atomic E-state index is 0.277. The van der Waals surface area contributed by atoms with E-state index in [0.29, 0.717) is 22.0 Å². The Hall–Kier alpha value is -1.78. The molecular formula is C13H10Cl2N2O2. The zero-order chi connectivity index (χ0) is 13.8. The maximum Gasteiger partial charge on any atom is 0.257 e. The Morgan fingerprint density at radius 2 is 2.05 bits per heavy atom. The number of rotatable bonds is 3. The van der Waals surface area contributed by atoms with E-state index in [1.807, 2.05) is 0 Å². The summed E-state index contributed by atoms with van der Waals surface area (Å²) in [5, 5.41) is 3.37. The number of aromatic nitrogens is 1. The lowest BCUT2D eigenvalue weighted by Crippen LogP contribution is -2.13. The number of halogens is 2. The van der Waals surface area contributed by atoms with Crippen molar-refractivity contribution in [2.75, 3.05) is 12.4 Å². The molecule has 0 bridgehead atoms. The highest BCUT2D eigenvalue weighted by atomic mass is 35.5. The largest absolute Gasteiger partial charge is 0.497 e. The molecule has 0 spiro atoms. The molecule has 1 aromatic carbocycles. The van der Waals surface area contributed by atoms with Crippen molar-refractivity contribution in [1.29, 1.82) is 0 Å². The molecule has 1 amide bonds. The van der Waals surface area contributed by atoms with Crippen LogP contribution in [0.15, 0.2) is 36.7 Å². The molecule has 1 heterocycles. The number of carbonyl (C=O) groups excluding carboxylic acids is 1. The summed E-state index contributed by atoms with van der Waals surface area (Å²) in [7, 11) is 1.54. The highest BCUT2D eigenvalue weighted by Gasteiger charge is 2.12. The monoisotopic (exact) mass is 296 g/mol. The van der Waals surface area contributed by atoms with E-state index in [1.165, 1.54) is 25.6 Å². The summed E-state index contributed by atoms with van der Waals surface area (Å²) in [4.78, 5) is 15.9. The summed E-state index contributed by atoms with van der Waals surface area (Å²) in [5.41, 5.74) is 0.787. The normalized spacial score (nSPS) is 10.1. The lowest BCUT2D eigenvalue weighted by molar-refractivity contribution is 0.102. The molecule has 1 aromatic heterocycles. The standard InChI is InChI=1S/C13H10Cl2N2O2/c1-19-8-2-3-10(14)12(6-8)17-13(18)9-4-5-16-7-11(9)15/h2-7H,1H3,(H,17,18). The summed E-state index contributed by atoms with van der Waals surface area (Å²) in [6.07, 6.45) is 2.90. The van der Waals surface area contributed by atoms with Crippen molar-refractivity contribution >= 4 is 34.8 Å². The van der Waals surface area contributed by atoms with Crippen molar-refractivity contribution in [3.8, 4) is 5.75 Å². The van der Waals surface area contributed by atoms with Crippen LogP contribution in [0, 0.1) is 0 Å². The van der Waals surface area contributed by atoms with Gasteiger partial charge in [0, 0.05) is 18.5 Å². The number of nitrogens with zero attached hydrogens (tertiary/aromatic N) is 1. The Morgan fingerprint density at radius 1 is 1.26 bits per heavy atom. The Kier molecular flexibility index (Phi) is 4.24. The minimum atomic E-state index is -0.359. The van der Waals surface area contributed by atoms with Crippen molar-refractivity contribution < 1.29 is 9.53 Å². The van der Waals surface area contributed by atoms with Gasteiger partial charge < -0.3 is 10.1 Å². The van der Waals surface area contributed by atoms with E-state index in [4.69, 9.17) is 27.9 Å². The lowest BCUT2D eigenvalue weighted by atomic mass is 10.2. The molecule has 0 radical (unpaired) electrons. The number of pyridine rings is 1. The molecule has 1 N–H and O–H groups in total. The van der Waals surface area contributed by atoms with Crippen LogP contribution in [0.2, 0.25) is 10.0 Å². The second-order valence-corrected chi connectivity index (χ2v) is 4.47. The quantitative estimate of drug-likeness (QED) is 0.940. The zero-order valence-electron chi connectivity index (χ0n) is 9.98. The summed E-state index contributed by atoms with van der Waals surface area (Å²) in [5.74, 6) is 0.239. The van der Waals surface area contributed by atoms with Crippen LogP contribution in [0.4, 0.5) is 5.69 Å². The summed E-state index contributed by atoms with van der Waals surface area (Å²) < 4.78 is 5.07. The van der Waals surface area contributed by atoms with Gasteiger partial charge in [-0.3, -0.25) is 9.78 Å². The predicted octanol–water partition coefficient (Wildman–Crippen LogP) is 3.65. The maximum absolute atomic E-state index is 12.1. The van der Waals surface area contributed by atoms with Gasteiger partial charge in [0.25, 0.3) is 5.91 Å². The Morgan fingerprint density at radius 3 is 2.74 bits per heavy atom. The molecule has 0 unspecified atom stereocenters. The van der Waals surface area contributed by atoms with Crippen LogP contribution in [0.5, 0.6) is 5.75 Å². The molecule has 0 aliphatic heterocycles. The second-order valence-electron chi connectivity index (χ2n) is 3.66. The molecular weight excluding hydrogens is 287 g/mol. The van der Waals surface area contributed by atoms with Crippen molar-refractivity contribution in [2.45, 2.75) is 0 Å². The van der Waals surface area contributed by atoms with Crippen LogP contribution in [0.1, 0.15) is 10.4 Å². The zero-order valence-corrected chi connectivity index (χ0v) is 11.5. The van der Waals surface area contributed by atoms with E-state index in [0.717, 1.165) is 0 Å². The number of hydrogen-bond donors (Lipinski definition) is 1. The smallest absolute Gasteiger partial charge is 0.257 e. The van der Waals surface area contributed by atoms with Crippen molar-refractivity contribution in [1.82, 2.24) is 4.98 Å². The third kappa shape index (κ3) is 3.16. The van der Waals surface area contributed by atoms with Gasteiger partial charge in [0.15, 0.2) is 0 Å². The van der Waals surface area contributed by atoms with Crippen LogP contribution >= 0.6 is 23.2 Å². The first-order valence-corrected chi connectivity index (χ1v) is 6.12. The molecule has 19 heavy (non-hydrogen) atoms. The van der Waals surface area contributed by atoms with E-state index in [2.05, 4.69) is 10.3 Å². The van der Waals surface area contributed by atoms with Gasteiger partial charge in [-0.2, -0.15) is 0 Å². The molecule has 0 fully saturated rings. The van der Waals surface area contributed by atoms with Gasteiger partial charge >= 0.3 is 0 Å². The molecule has 98 valence electrons. The first-order valence-electron chi connectivity index (χ1n) is 5.36. The number of hydrogen-bond acceptors (Lipinski definition) is 3. The Labute approximate surface area is 120 Å². The molecule has 6 heteroatoms. The lowest BCUT2D eigenvalue weighted by Gasteiger charge is -2.09. The second kappa shape index (κ2) is 5.91. The van der Waals surface area contributed by atoms with E-state index >= 15 is 0 Å².